The van der Waals surface area contributed by atoms with Crippen LogP contribution in [0.25, 0.3) is 0 Å². The molecule has 0 aromatic carbocycles. The van der Waals surface area contributed by atoms with E-state index < -0.39 is 12.1 Å². The molecule has 3 N–H and O–H groups in total. The van der Waals surface area contributed by atoms with Crippen LogP contribution >= 0.6 is 0 Å². The van der Waals surface area contributed by atoms with Crippen LogP contribution in [0.15, 0.2) is 24.3 Å². The van der Waals surface area contributed by atoms with Crippen LogP contribution in [-0.2, 0) is 14.3 Å². The number of esters is 1. The summed E-state index contributed by atoms with van der Waals surface area (Å²) in [6, 6.07) is -0.555. The van der Waals surface area contributed by atoms with E-state index in [-0.39, 0.29) is 18.5 Å². The minimum atomic E-state index is -0.676. The fourth-order valence-corrected chi connectivity index (χ4v) is 8.16. The van der Waals surface area contributed by atoms with Crippen LogP contribution in [0.3, 0.4) is 0 Å². The molecule has 0 heterocycles. The largest absolute Gasteiger partial charge is 0.466 e. The normalized spacial score (nSPS) is 12.8. The number of carbonyl (C=O) groups excluding carboxylic acids is 2. The highest BCUT2D eigenvalue weighted by Gasteiger charge is 2.20. The van der Waals surface area contributed by atoms with E-state index in [1.54, 1.807) is 0 Å². The second-order valence-electron chi connectivity index (χ2n) is 18.2. The standard InChI is InChI=1S/C54H103NO5/c1-3-5-7-9-11-13-14-15-16-17-18-19-22-25-28-32-36-40-44-48-54(59)60-49-45-41-37-33-29-26-23-20-21-24-27-31-35-39-43-47-53(58)55-51(50-56)52(57)46-42-38-34-30-12-10-8-6-4-2/h20,23,26,29,51-52,56-57H,3-19,21-22,24-25,27-28,30-50H2,1-2H3,(H,55,58)/b23-20-,29-26-. The third-order valence-electron chi connectivity index (χ3n) is 12.3. The second kappa shape index (κ2) is 50.0. The molecule has 0 rings (SSSR count). The van der Waals surface area contributed by atoms with Crippen LogP contribution in [0.2, 0.25) is 0 Å². The zero-order chi connectivity index (χ0) is 43.7. The van der Waals surface area contributed by atoms with E-state index in [9.17, 15) is 19.8 Å². The first-order valence-electron chi connectivity index (χ1n) is 26.6. The van der Waals surface area contributed by atoms with E-state index in [1.165, 1.54) is 173 Å². The number of hydrogen-bond donors (Lipinski definition) is 3. The predicted octanol–water partition coefficient (Wildman–Crippen LogP) is 15.9. The van der Waals surface area contributed by atoms with Crippen molar-refractivity contribution in [2.24, 2.45) is 0 Å². The van der Waals surface area contributed by atoms with Crippen molar-refractivity contribution in [3.63, 3.8) is 0 Å². The number of hydrogen-bond acceptors (Lipinski definition) is 5. The number of amides is 1. The summed E-state index contributed by atoms with van der Waals surface area (Å²) >= 11 is 0. The zero-order valence-corrected chi connectivity index (χ0v) is 40.2. The zero-order valence-electron chi connectivity index (χ0n) is 40.2. The molecular formula is C54H103NO5. The summed E-state index contributed by atoms with van der Waals surface area (Å²) in [4.78, 5) is 24.4. The average molecular weight is 846 g/mol. The Balaban J connectivity index is 3.46. The Morgan fingerprint density at radius 2 is 0.817 bits per heavy atom. The monoisotopic (exact) mass is 846 g/mol. The number of carbonyl (C=O) groups is 2. The van der Waals surface area contributed by atoms with Gasteiger partial charge in [-0.3, -0.25) is 9.59 Å². The lowest BCUT2D eigenvalue weighted by molar-refractivity contribution is -0.143. The van der Waals surface area contributed by atoms with Gasteiger partial charge < -0.3 is 20.3 Å². The maximum Gasteiger partial charge on any atom is 0.305 e. The Bertz CT molecular complexity index is 935. The fourth-order valence-electron chi connectivity index (χ4n) is 8.16. The van der Waals surface area contributed by atoms with E-state index in [0.717, 1.165) is 77.0 Å². The van der Waals surface area contributed by atoms with Gasteiger partial charge in [-0.05, 0) is 57.8 Å². The summed E-state index contributed by atoms with van der Waals surface area (Å²) < 4.78 is 5.46. The molecule has 0 saturated carbocycles. The molecule has 0 aromatic rings. The Morgan fingerprint density at radius 1 is 0.467 bits per heavy atom. The number of aliphatic hydroxyl groups is 2. The molecule has 2 atom stereocenters. The smallest absolute Gasteiger partial charge is 0.305 e. The fraction of sp³-hybridized carbons (Fsp3) is 0.889. The topological polar surface area (TPSA) is 95.9 Å². The average Bonchev–Trinajstić information content (AvgIpc) is 3.25. The van der Waals surface area contributed by atoms with Crippen molar-refractivity contribution >= 4 is 11.9 Å². The number of aliphatic hydroxyl groups excluding tert-OH is 2. The Kier molecular flexibility index (Phi) is 48.6. The summed E-state index contributed by atoms with van der Waals surface area (Å²) in [7, 11) is 0. The lowest BCUT2D eigenvalue weighted by Crippen LogP contribution is -2.45. The highest BCUT2D eigenvalue weighted by Crippen LogP contribution is 2.16. The van der Waals surface area contributed by atoms with E-state index in [1.807, 2.05) is 0 Å². The number of ether oxygens (including phenoxy) is 1. The van der Waals surface area contributed by atoms with Crippen LogP contribution < -0.4 is 5.32 Å². The van der Waals surface area contributed by atoms with Crippen molar-refractivity contribution in [2.45, 2.75) is 296 Å². The molecule has 0 aliphatic carbocycles. The van der Waals surface area contributed by atoms with Gasteiger partial charge in [0.1, 0.15) is 0 Å². The van der Waals surface area contributed by atoms with Gasteiger partial charge >= 0.3 is 5.97 Å². The van der Waals surface area contributed by atoms with Crippen molar-refractivity contribution in [1.29, 1.82) is 0 Å². The summed E-state index contributed by atoms with van der Waals surface area (Å²) in [6.45, 7) is 4.88. The van der Waals surface area contributed by atoms with Gasteiger partial charge in [-0.15, -0.1) is 0 Å². The van der Waals surface area contributed by atoms with Crippen molar-refractivity contribution in [1.82, 2.24) is 5.32 Å². The summed E-state index contributed by atoms with van der Waals surface area (Å²) in [5.41, 5.74) is 0. The van der Waals surface area contributed by atoms with Crippen LogP contribution in [0.4, 0.5) is 0 Å². The summed E-state index contributed by atoms with van der Waals surface area (Å²) in [5, 5.41) is 23.0. The van der Waals surface area contributed by atoms with Gasteiger partial charge in [0.2, 0.25) is 5.91 Å². The quantitative estimate of drug-likeness (QED) is 0.0322. The lowest BCUT2D eigenvalue weighted by atomic mass is 10.0. The number of unbranched alkanes of at least 4 members (excludes halogenated alkanes) is 35. The van der Waals surface area contributed by atoms with Crippen LogP contribution in [0.1, 0.15) is 284 Å². The van der Waals surface area contributed by atoms with Gasteiger partial charge in [-0.2, -0.15) is 0 Å². The van der Waals surface area contributed by atoms with Crippen molar-refractivity contribution in [3.8, 4) is 0 Å². The third kappa shape index (κ3) is 45.9. The first-order valence-corrected chi connectivity index (χ1v) is 26.6. The van der Waals surface area contributed by atoms with Gasteiger partial charge in [0.05, 0.1) is 25.4 Å². The summed E-state index contributed by atoms with van der Waals surface area (Å²) in [6.07, 6.45) is 58.8. The first kappa shape index (κ1) is 58.3. The number of allylic oxidation sites excluding steroid dienone is 4. The van der Waals surface area contributed by atoms with Crippen LogP contribution in [0, 0.1) is 0 Å². The predicted molar refractivity (Wildman–Crippen MR) is 260 cm³/mol. The Hall–Kier alpha value is -1.66. The lowest BCUT2D eigenvalue weighted by Gasteiger charge is -2.22. The summed E-state index contributed by atoms with van der Waals surface area (Å²) in [5.74, 6) is -0.0773. The molecule has 0 fully saturated rings. The Labute approximate surface area is 373 Å². The molecular weight excluding hydrogens is 743 g/mol. The van der Waals surface area contributed by atoms with E-state index in [4.69, 9.17) is 4.74 Å². The minimum Gasteiger partial charge on any atom is -0.466 e. The molecule has 0 saturated heterocycles. The molecule has 0 aliphatic rings. The molecule has 0 radical (unpaired) electrons. The van der Waals surface area contributed by atoms with Gasteiger partial charge in [0.25, 0.3) is 0 Å². The van der Waals surface area contributed by atoms with Gasteiger partial charge in [0, 0.05) is 12.8 Å². The first-order chi connectivity index (χ1) is 29.5. The maximum absolute atomic E-state index is 12.4. The van der Waals surface area contributed by atoms with Gasteiger partial charge in [-0.1, -0.05) is 237 Å². The molecule has 0 aromatic heterocycles. The van der Waals surface area contributed by atoms with E-state index >= 15 is 0 Å². The second-order valence-corrected chi connectivity index (χ2v) is 18.2. The van der Waals surface area contributed by atoms with E-state index in [2.05, 4.69) is 43.5 Å². The highest BCUT2D eigenvalue weighted by molar-refractivity contribution is 5.76. The number of nitrogens with one attached hydrogen (secondary N) is 1. The van der Waals surface area contributed by atoms with Gasteiger partial charge in [0.15, 0.2) is 0 Å². The molecule has 60 heavy (non-hydrogen) atoms. The van der Waals surface area contributed by atoms with E-state index in [0.29, 0.717) is 25.9 Å². The van der Waals surface area contributed by atoms with Crippen molar-refractivity contribution in [2.75, 3.05) is 13.2 Å². The number of rotatable bonds is 49. The molecule has 0 aliphatic heterocycles. The molecule has 6 nitrogen and oxygen atoms in total. The molecule has 0 bridgehead atoms. The third-order valence-corrected chi connectivity index (χ3v) is 12.3. The van der Waals surface area contributed by atoms with Crippen molar-refractivity contribution in [3.05, 3.63) is 24.3 Å². The van der Waals surface area contributed by atoms with Crippen LogP contribution in [-0.4, -0.2) is 47.4 Å². The van der Waals surface area contributed by atoms with Crippen LogP contribution in [0.5, 0.6) is 0 Å². The van der Waals surface area contributed by atoms with Gasteiger partial charge in [-0.25, -0.2) is 0 Å². The molecule has 0 spiro atoms. The molecule has 1 amide bonds. The van der Waals surface area contributed by atoms with Crippen molar-refractivity contribution < 1.29 is 24.5 Å². The SMILES string of the molecule is CCCCCCCCCCCCCCCCCCCCCC(=O)OCCCCC/C=C\C=C/CCCCCCCCC(=O)NC(CO)C(O)CCCCCCCCCCC. The molecule has 2 unspecified atom stereocenters. The Morgan fingerprint density at radius 3 is 1.23 bits per heavy atom. The maximum atomic E-state index is 12.4. The molecule has 6 heteroatoms. The minimum absolute atomic E-state index is 0.0174. The molecule has 354 valence electrons. The highest BCUT2D eigenvalue weighted by atomic mass is 16.5.